The van der Waals surface area contributed by atoms with Gasteiger partial charge in [0.2, 0.25) is 5.88 Å². The Labute approximate surface area is 156 Å². The zero-order valence-electron chi connectivity index (χ0n) is 13.2. The SMILES string of the molecule is CCSC(=O)Cc1cc(-c2nn(C)c(OC(F)F)c2Cl)c(F)cc1Cl. The Morgan fingerprint density at radius 1 is 1.40 bits per heavy atom. The second-order valence-electron chi connectivity index (χ2n) is 4.88. The molecule has 0 aliphatic heterocycles. The first-order chi connectivity index (χ1) is 11.7. The van der Waals surface area contributed by atoms with Crippen LogP contribution in [0.15, 0.2) is 12.1 Å². The van der Waals surface area contributed by atoms with E-state index in [1.165, 1.54) is 13.1 Å². The minimum absolute atomic E-state index is 0.00450. The topological polar surface area (TPSA) is 44.1 Å². The third-order valence-corrected chi connectivity index (χ3v) is 4.62. The third kappa shape index (κ3) is 4.62. The summed E-state index contributed by atoms with van der Waals surface area (Å²) in [5, 5.41) is 3.63. The Balaban J connectivity index is 2.47. The molecule has 0 amide bonds. The molecular weight excluding hydrogens is 400 g/mol. The fourth-order valence-corrected chi connectivity index (χ4v) is 3.25. The van der Waals surface area contributed by atoms with Gasteiger partial charge < -0.3 is 4.74 Å². The number of hydrogen-bond acceptors (Lipinski definition) is 4. The van der Waals surface area contributed by atoms with Gasteiger partial charge in [0.1, 0.15) is 16.5 Å². The summed E-state index contributed by atoms with van der Waals surface area (Å²) in [6.45, 7) is -1.27. The summed E-state index contributed by atoms with van der Waals surface area (Å²) in [4.78, 5) is 11.8. The van der Waals surface area contributed by atoms with Gasteiger partial charge in [-0.25, -0.2) is 9.07 Å². The molecule has 0 aliphatic carbocycles. The summed E-state index contributed by atoms with van der Waals surface area (Å²) in [5.74, 6) is -0.529. The molecule has 0 radical (unpaired) electrons. The Kier molecular flexibility index (Phi) is 6.65. The Morgan fingerprint density at radius 3 is 2.68 bits per heavy atom. The van der Waals surface area contributed by atoms with Gasteiger partial charge in [0.15, 0.2) is 5.12 Å². The van der Waals surface area contributed by atoms with Gasteiger partial charge in [-0.1, -0.05) is 41.9 Å². The van der Waals surface area contributed by atoms with Crippen LogP contribution in [0.5, 0.6) is 5.88 Å². The van der Waals surface area contributed by atoms with E-state index in [4.69, 9.17) is 23.2 Å². The van der Waals surface area contributed by atoms with E-state index < -0.39 is 12.4 Å². The number of ether oxygens (including phenoxy) is 1. The number of carbonyl (C=O) groups is 1. The van der Waals surface area contributed by atoms with Gasteiger partial charge in [0.05, 0.1) is 0 Å². The molecule has 10 heteroatoms. The minimum Gasteiger partial charge on any atom is -0.416 e. The standard InChI is InChI=1S/C15H13Cl2F3N2O2S/c1-3-25-11(23)5-7-4-8(10(18)6-9(7)16)13-12(17)14(22(2)21-13)24-15(19)20/h4,6,15H,3,5H2,1-2H3. The van der Waals surface area contributed by atoms with Crippen molar-refractivity contribution in [1.82, 2.24) is 9.78 Å². The maximum Gasteiger partial charge on any atom is 0.388 e. The quantitative estimate of drug-likeness (QED) is 0.672. The van der Waals surface area contributed by atoms with Crippen molar-refractivity contribution in [2.75, 3.05) is 5.75 Å². The van der Waals surface area contributed by atoms with Gasteiger partial charge in [-0.15, -0.1) is 0 Å². The molecule has 4 nitrogen and oxygen atoms in total. The molecule has 0 fully saturated rings. The normalized spacial score (nSPS) is 11.2. The van der Waals surface area contributed by atoms with E-state index in [2.05, 4.69) is 9.84 Å². The van der Waals surface area contributed by atoms with E-state index in [1.807, 2.05) is 6.92 Å². The van der Waals surface area contributed by atoms with Crippen LogP contribution in [-0.2, 0) is 18.3 Å². The molecule has 2 aromatic rings. The molecule has 0 saturated heterocycles. The van der Waals surface area contributed by atoms with E-state index in [1.54, 1.807) is 0 Å². The van der Waals surface area contributed by atoms with Crippen LogP contribution >= 0.6 is 35.0 Å². The number of nitrogens with zero attached hydrogens (tertiary/aromatic N) is 2. The van der Waals surface area contributed by atoms with Crippen molar-refractivity contribution >= 4 is 40.1 Å². The van der Waals surface area contributed by atoms with Crippen molar-refractivity contribution in [3.63, 3.8) is 0 Å². The average molecular weight is 413 g/mol. The lowest BCUT2D eigenvalue weighted by Crippen LogP contribution is -2.06. The zero-order valence-corrected chi connectivity index (χ0v) is 15.5. The van der Waals surface area contributed by atoms with Crippen molar-refractivity contribution in [1.29, 1.82) is 0 Å². The van der Waals surface area contributed by atoms with E-state index in [0.717, 1.165) is 22.5 Å². The van der Waals surface area contributed by atoms with Gasteiger partial charge in [0.25, 0.3) is 0 Å². The third-order valence-electron chi connectivity index (χ3n) is 3.17. The first kappa shape index (κ1) is 19.9. The lowest BCUT2D eigenvalue weighted by molar-refractivity contribution is -0.110. The number of alkyl halides is 2. The predicted molar refractivity (Wildman–Crippen MR) is 92.1 cm³/mol. The molecule has 0 aliphatic rings. The highest BCUT2D eigenvalue weighted by atomic mass is 35.5. The van der Waals surface area contributed by atoms with Crippen LogP contribution in [0, 0.1) is 5.82 Å². The molecule has 2 rings (SSSR count). The van der Waals surface area contributed by atoms with Gasteiger partial charge in [0, 0.05) is 24.1 Å². The van der Waals surface area contributed by atoms with Gasteiger partial charge in [-0.3, -0.25) is 4.79 Å². The first-order valence-electron chi connectivity index (χ1n) is 7.05. The predicted octanol–water partition coefficient (Wildman–Crippen LogP) is 4.96. The monoisotopic (exact) mass is 412 g/mol. The summed E-state index contributed by atoms with van der Waals surface area (Å²) in [5.41, 5.74) is 0.256. The maximum absolute atomic E-state index is 14.3. The Hall–Kier alpha value is -1.38. The summed E-state index contributed by atoms with van der Waals surface area (Å²) in [6.07, 6.45) is -0.00450. The van der Waals surface area contributed by atoms with Crippen molar-refractivity contribution in [3.8, 4) is 17.1 Å². The second kappa shape index (κ2) is 8.33. The number of benzene rings is 1. The summed E-state index contributed by atoms with van der Waals surface area (Å²) >= 11 is 13.1. The highest BCUT2D eigenvalue weighted by Crippen LogP contribution is 2.38. The van der Waals surface area contributed by atoms with Crippen molar-refractivity contribution in [3.05, 3.63) is 33.6 Å². The number of halogens is 5. The first-order valence-corrected chi connectivity index (χ1v) is 8.80. The Bertz CT molecular complexity index is 800. The van der Waals surface area contributed by atoms with Gasteiger partial charge in [-0.05, 0) is 23.4 Å². The maximum atomic E-state index is 14.3. The van der Waals surface area contributed by atoms with Crippen LogP contribution in [-0.4, -0.2) is 27.3 Å². The van der Waals surface area contributed by atoms with Crippen LogP contribution in [0.4, 0.5) is 13.2 Å². The van der Waals surface area contributed by atoms with Crippen LogP contribution in [0.3, 0.4) is 0 Å². The van der Waals surface area contributed by atoms with Crippen LogP contribution in [0.25, 0.3) is 11.3 Å². The summed E-state index contributed by atoms with van der Waals surface area (Å²) in [7, 11) is 1.34. The molecule has 1 heterocycles. The van der Waals surface area contributed by atoms with Gasteiger partial charge in [-0.2, -0.15) is 13.9 Å². The van der Waals surface area contributed by atoms with Crippen molar-refractivity contribution in [2.45, 2.75) is 20.0 Å². The molecule has 0 atom stereocenters. The number of rotatable bonds is 6. The molecule has 0 spiro atoms. The summed E-state index contributed by atoms with van der Waals surface area (Å²) in [6, 6.07) is 2.38. The summed E-state index contributed by atoms with van der Waals surface area (Å²) < 4.78 is 44.5. The highest BCUT2D eigenvalue weighted by Gasteiger charge is 2.23. The highest BCUT2D eigenvalue weighted by molar-refractivity contribution is 8.13. The largest absolute Gasteiger partial charge is 0.416 e. The van der Waals surface area contributed by atoms with Crippen LogP contribution in [0.1, 0.15) is 12.5 Å². The molecule has 1 aromatic carbocycles. The van der Waals surface area contributed by atoms with Crippen molar-refractivity contribution < 1.29 is 22.7 Å². The molecule has 136 valence electrons. The van der Waals surface area contributed by atoms with Crippen molar-refractivity contribution in [2.24, 2.45) is 7.05 Å². The molecule has 0 bridgehead atoms. The molecular formula is C15H13Cl2F3N2O2S. The number of hydrogen-bond donors (Lipinski definition) is 0. The lowest BCUT2D eigenvalue weighted by atomic mass is 10.1. The number of aryl methyl sites for hydroxylation is 1. The fraction of sp³-hybridized carbons (Fsp3) is 0.333. The second-order valence-corrected chi connectivity index (χ2v) is 6.98. The van der Waals surface area contributed by atoms with E-state index in [-0.39, 0.29) is 38.7 Å². The van der Waals surface area contributed by atoms with Gasteiger partial charge >= 0.3 is 6.61 Å². The average Bonchev–Trinajstić information content (AvgIpc) is 2.78. The van der Waals surface area contributed by atoms with Crippen LogP contribution in [0.2, 0.25) is 10.0 Å². The number of thioether (sulfide) groups is 1. The molecule has 0 saturated carbocycles. The molecule has 1 aromatic heterocycles. The number of aromatic nitrogens is 2. The minimum atomic E-state index is -3.10. The van der Waals surface area contributed by atoms with E-state index in [9.17, 15) is 18.0 Å². The molecule has 0 N–H and O–H groups in total. The van der Waals surface area contributed by atoms with E-state index in [0.29, 0.717) is 11.3 Å². The van der Waals surface area contributed by atoms with E-state index >= 15 is 0 Å². The Morgan fingerprint density at radius 2 is 2.08 bits per heavy atom. The lowest BCUT2D eigenvalue weighted by Gasteiger charge is -2.08. The fourth-order valence-electron chi connectivity index (χ4n) is 2.15. The smallest absolute Gasteiger partial charge is 0.388 e. The van der Waals surface area contributed by atoms with Crippen LogP contribution < -0.4 is 4.74 Å². The number of carbonyl (C=O) groups excluding carboxylic acids is 1. The molecule has 0 unspecified atom stereocenters. The molecule has 25 heavy (non-hydrogen) atoms. The zero-order chi connectivity index (χ0) is 18.7.